The Kier molecular flexibility index (Phi) is 3.93. The van der Waals surface area contributed by atoms with Gasteiger partial charge in [-0.1, -0.05) is 0 Å². The van der Waals surface area contributed by atoms with Crippen LogP contribution in [0, 0.1) is 0 Å². The van der Waals surface area contributed by atoms with E-state index in [4.69, 9.17) is 4.42 Å². The maximum absolute atomic E-state index is 5.94. The average molecular weight is 339 g/mol. The lowest BCUT2D eigenvalue weighted by Crippen LogP contribution is -2.46. The smallest absolute Gasteiger partial charge is 0.208 e. The summed E-state index contributed by atoms with van der Waals surface area (Å²) in [5, 5.41) is 0. The first-order valence-corrected chi connectivity index (χ1v) is 9.61. The summed E-state index contributed by atoms with van der Waals surface area (Å²) >= 11 is 0. The molecule has 2 aromatic rings. The number of aryl methyl sites for hydroxylation is 2. The van der Waals surface area contributed by atoms with Crippen molar-refractivity contribution in [2.75, 3.05) is 18.0 Å². The number of fused-ring (bicyclic) bond motifs is 1. The minimum absolute atomic E-state index is 0.591. The molecule has 25 heavy (non-hydrogen) atoms. The van der Waals surface area contributed by atoms with Crippen molar-refractivity contribution in [3.63, 3.8) is 0 Å². The van der Waals surface area contributed by atoms with E-state index in [1.165, 1.54) is 37.8 Å². The van der Waals surface area contributed by atoms with Gasteiger partial charge >= 0.3 is 0 Å². The highest BCUT2D eigenvalue weighted by molar-refractivity contribution is 5.41. The first-order valence-electron chi connectivity index (χ1n) is 9.61. The van der Waals surface area contributed by atoms with Crippen molar-refractivity contribution in [1.82, 2.24) is 19.9 Å². The van der Waals surface area contributed by atoms with E-state index >= 15 is 0 Å². The topological polar surface area (TPSA) is 58.3 Å². The summed E-state index contributed by atoms with van der Waals surface area (Å²) in [5.41, 5.74) is 1.20. The summed E-state index contributed by atoms with van der Waals surface area (Å²) < 4.78 is 5.94. The van der Waals surface area contributed by atoms with Crippen molar-refractivity contribution >= 4 is 5.82 Å². The summed E-state index contributed by atoms with van der Waals surface area (Å²) in [6, 6.07) is 3.33. The lowest BCUT2D eigenvalue weighted by Gasteiger charge is -2.39. The SMILES string of the molecule is c1cc(N(C2CC2)C2CCN(Cc3nc4c(o3)CCC4)CC2)ncn1. The van der Waals surface area contributed by atoms with Crippen molar-refractivity contribution in [2.24, 2.45) is 0 Å². The third-order valence-corrected chi connectivity index (χ3v) is 5.72. The van der Waals surface area contributed by atoms with E-state index in [-0.39, 0.29) is 0 Å². The number of hydrogen-bond donors (Lipinski definition) is 0. The van der Waals surface area contributed by atoms with Gasteiger partial charge in [-0.15, -0.1) is 0 Å². The van der Waals surface area contributed by atoms with Crippen molar-refractivity contribution in [3.8, 4) is 0 Å². The monoisotopic (exact) mass is 339 g/mol. The van der Waals surface area contributed by atoms with Crippen molar-refractivity contribution in [3.05, 3.63) is 35.9 Å². The lowest BCUT2D eigenvalue weighted by atomic mass is 10.0. The van der Waals surface area contributed by atoms with Crippen molar-refractivity contribution in [1.29, 1.82) is 0 Å². The van der Waals surface area contributed by atoms with Crippen LogP contribution in [0.3, 0.4) is 0 Å². The number of piperidine rings is 1. The first-order chi connectivity index (χ1) is 12.4. The van der Waals surface area contributed by atoms with Crippen LogP contribution >= 0.6 is 0 Å². The van der Waals surface area contributed by atoms with Gasteiger partial charge in [-0.3, -0.25) is 4.90 Å². The van der Waals surface area contributed by atoms with Gasteiger partial charge in [0.1, 0.15) is 17.9 Å². The Bertz CT molecular complexity index is 697. The summed E-state index contributed by atoms with van der Waals surface area (Å²) in [6.07, 6.45) is 11.8. The Labute approximate surface area is 148 Å². The van der Waals surface area contributed by atoms with E-state index in [2.05, 4.69) is 30.8 Å². The van der Waals surface area contributed by atoms with E-state index in [9.17, 15) is 0 Å². The van der Waals surface area contributed by atoms with E-state index in [1.54, 1.807) is 6.33 Å². The molecule has 0 aromatic carbocycles. The average Bonchev–Trinajstić information content (AvgIpc) is 3.25. The Morgan fingerprint density at radius 3 is 2.68 bits per heavy atom. The van der Waals surface area contributed by atoms with Crippen LogP contribution in [0.15, 0.2) is 23.0 Å². The zero-order valence-corrected chi connectivity index (χ0v) is 14.6. The predicted molar refractivity (Wildman–Crippen MR) is 94.4 cm³/mol. The van der Waals surface area contributed by atoms with E-state index in [1.807, 2.05) is 6.20 Å². The summed E-state index contributed by atoms with van der Waals surface area (Å²) in [6.45, 7) is 3.06. The minimum Gasteiger partial charge on any atom is -0.444 e. The van der Waals surface area contributed by atoms with Crippen LogP contribution in [0.4, 0.5) is 5.82 Å². The molecule has 0 N–H and O–H groups in total. The molecule has 1 saturated carbocycles. The molecule has 6 heteroatoms. The number of oxazole rings is 1. The molecule has 5 rings (SSSR count). The normalized spacial score (nSPS) is 21.4. The molecule has 3 heterocycles. The van der Waals surface area contributed by atoms with E-state index < -0.39 is 0 Å². The standard InChI is InChI=1S/C19H25N5O/c1-2-16-17(3-1)25-19(22-16)12-23-10-7-15(8-11-23)24(14-4-5-14)18-6-9-20-13-21-18/h6,9,13-15H,1-5,7-8,10-12H2. The third-order valence-electron chi connectivity index (χ3n) is 5.72. The zero-order chi connectivity index (χ0) is 16.6. The molecule has 2 aromatic heterocycles. The third kappa shape index (κ3) is 3.15. The molecule has 1 aliphatic heterocycles. The predicted octanol–water partition coefficient (Wildman–Crippen LogP) is 2.59. The van der Waals surface area contributed by atoms with Crippen LogP contribution in [0.1, 0.15) is 49.4 Å². The molecule has 3 aliphatic rings. The van der Waals surface area contributed by atoms with Gasteiger partial charge in [0.2, 0.25) is 5.89 Å². The highest BCUT2D eigenvalue weighted by atomic mass is 16.4. The fourth-order valence-corrected chi connectivity index (χ4v) is 4.32. The molecule has 6 nitrogen and oxygen atoms in total. The number of hydrogen-bond acceptors (Lipinski definition) is 6. The fraction of sp³-hybridized carbons (Fsp3) is 0.632. The molecule has 0 radical (unpaired) electrons. The van der Waals surface area contributed by atoms with Gasteiger partial charge in [0.25, 0.3) is 0 Å². The highest BCUT2D eigenvalue weighted by Crippen LogP contribution is 2.35. The molecule has 0 bridgehead atoms. The number of rotatable bonds is 5. The number of anilines is 1. The number of aromatic nitrogens is 3. The quantitative estimate of drug-likeness (QED) is 0.834. The van der Waals surface area contributed by atoms with Gasteiger partial charge in [-0.2, -0.15) is 0 Å². The lowest BCUT2D eigenvalue weighted by molar-refractivity contribution is 0.183. The van der Waals surface area contributed by atoms with Gasteiger partial charge < -0.3 is 9.32 Å². The second-order valence-electron chi connectivity index (χ2n) is 7.54. The van der Waals surface area contributed by atoms with Gasteiger partial charge in [0.15, 0.2) is 0 Å². The summed E-state index contributed by atoms with van der Waals surface area (Å²) in [5.74, 6) is 3.15. The maximum atomic E-state index is 5.94. The molecule has 2 fully saturated rings. The van der Waals surface area contributed by atoms with Crippen LogP contribution < -0.4 is 4.90 Å². The van der Waals surface area contributed by atoms with Crippen molar-refractivity contribution in [2.45, 2.75) is 63.6 Å². The first kappa shape index (κ1) is 15.3. The second-order valence-corrected chi connectivity index (χ2v) is 7.54. The van der Waals surface area contributed by atoms with Gasteiger partial charge in [0.05, 0.1) is 12.2 Å². The maximum Gasteiger partial charge on any atom is 0.208 e. The van der Waals surface area contributed by atoms with Crippen LogP contribution in [-0.2, 0) is 19.4 Å². The minimum atomic E-state index is 0.591. The van der Waals surface area contributed by atoms with E-state index in [0.29, 0.717) is 12.1 Å². The van der Waals surface area contributed by atoms with Crippen LogP contribution in [0.5, 0.6) is 0 Å². The number of likely N-dealkylation sites (tertiary alicyclic amines) is 1. The molecule has 0 atom stereocenters. The molecule has 0 unspecified atom stereocenters. The molecule has 0 spiro atoms. The molecule has 2 aliphatic carbocycles. The van der Waals surface area contributed by atoms with Crippen LogP contribution in [-0.4, -0.2) is 45.0 Å². The van der Waals surface area contributed by atoms with Gasteiger partial charge in [-0.05, 0) is 44.6 Å². The molecular formula is C19H25N5O. The molecule has 132 valence electrons. The largest absolute Gasteiger partial charge is 0.444 e. The Balaban J connectivity index is 1.21. The summed E-state index contributed by atoms with van der Waals surface area (Å²) in [7, 11) is 0. The molecular weight excluding hydrogens is 314 g/mol. The van der Waals surface area contributed by atoms with E-state index in [0.717, 1.165) is 49.9 Å². The Morgan fingerprint density at radius 1 is 1.12 bits per heavy atom. The van der Waals surface area contributed by atoms with Crippen molar-refractivity contribution < 1.29 is 4.42 Å². The molecule has 1 saturated heterocycles. The van der Waals surface area contributed by atoms with Gasteiger partial charge in [-0.25, -0.2) is 15.0 Å². The van der Waals surface area contributed by atoms with Gasteiger partial charge in [0, 0.05) is 37.8 Å². The van der Waals surface area contributed by atoms with Crippen LogP contribution in [0.2, 0.25) is 0 Å². The zero-order valence-electron chi connectivity index (χ0n) is 14.6. The highest BCUT2D eigenvalue weighted by Gasteiger charge is 2.36. The fourth-order valence-electron chi connectivity index (χ4n) is 4.32. The number of nitrogens with zero attached hydrogens (tertiary/aromatic N) is 5. The summed E-state index contributed by atoms with van der Waals surface area (Å²) in [4.78, 5) is 18.3. The Hall–Kier alpha value is -1.95. The Morgan fingerprint density at radius 2 is 1.96 bits per heavy atom. The van der Waals surface area contributed by atoms with Crippen LogP contribution in [0.25, 0.3) is 0 Å². The second kappa shape index (κ2) is 6.41. The molecule has 0 amide bonds.